The third-order valence-electron chi connectivity index (χ3n) is 4.03. The number of nitro groups is 1. The molecule has 1 N–H and O–H groups in total. The molecular formula is C19H16N4O6. The van der Waals surface area contributed by atoms with Gasteiger partial charge in [0, 0.05) is 24.0 Å². The van der Waals surface area contributed by atoms with Gasteiger partial charge in [-0.1, -0.05) is 17.3 Å². The van der Waals surface area contributed by atoms with Gasteiger partial charge in [0.1, 0.15) is 22.7 Å². The number of para-hydroxylation sites is 2. The largest absolute Gasteiger partial charge is 0.449 e. The number of nitrogens with one attached hydrogen (secondary N) is 1. The number of pyridine rings is 1. The number of rotatable bonds is 6. The lowest BCUT2D eigenvalue weighted by molar-refractivity contribution is -0.383. The number of amides is 1. The minimum Gasteiger partial charge on any atom is -0.449 e. The molecule has 0 aliphatic carbocycles. The molecule has 0 unspecified atom stereocenters. The molecule has 0 saturated heterocycles. The lowest BCUT2D eigenvalue weighted by Gasteiger charge is -2.13. The smallest absolute Gasteiger partial charge is 0.344 e. The Labute approximate surface area is 164 Å². The normalized spacial score (nSPS) is 11.5. The number of ether oxygens (including phenoxy) is 1. The van der Waals surface area contributed by atoms with E-state index in [9.17, 15) is 19.7 Å². The van der Waals surface area contributed by atoms with Crippen LogP contribution in [0.4, 0.5) is 11.4 Å². The fourth-order valence-electron chi connectivity index (χ4n) is 2.57. The average Bonchev–Trinajstić information content (AvgIpc) is 3.10. The number of carbonyl (C=O) groups excluding carboxylic acids is 2. The number of carbonyl (C=O) groups is 2. The van der Waals surface area contributed by atoms with E-state index in [1.54, 1.807) is 25.1 Å². The lowest BCUT2D eigenvalue weighted by Crippen LogP contribution is -2.30. The van der Waals surface area contributed by atoms with Crippen LogP contribution in [-0.2, 0) is 9.53 Å². The van der Waals surface area contributed by atoms with Crippen molar-refractivity contribution in [2.24, 2.45) is 0 Å². The number of nitro benzene ring substituents is 1. The summed E-state index contributed by atoms with van der Waals surface area (Å²) in [5.41, 5.74) is 0.682. The van der Waals surface area contributed by atoms with E-state index >= 15 is 0 Å². The molecule has 2 heterocycles. The zero-order valence-corrected chi connectivity index (χ0v) is 15.5. The summed E-state index contributed by atoms with van der Waals surface area (Å²) in [6, 6.07) is 8.97. The summed E-state index contributed by atoms with van der Waals surface area (Å²) < 4.78 is 10.3. The Balaban J connectivity index is 1.76. The predicted octanol–water partition coefficient (Wildman–Crippen LogP) is 3.14. The van der Waals surface area contributed by atoms with Crippen molar-refractivity contribution < 1.29 is 23.8 Å². The van der Waals surface area contributed by atoms with E-state index in [2.05, 4.69) is 15.5 Å². The van der Waals surface area contributed by atoms with Crippen LogP contribution < -0.4 is 5.32 Å². The highest BCUT2D eigenvalue weighted by Crippen LogP contribution is 2.26. The van der Waals surface area contributed by atoms with Gasteiger partial charge < -0.3 is 14.6 Å². The van der Waals surface area contributed by atoms with Crippen LogP contribution in [0.2, 0.25) is 0 Å². The second-order valence-electron chi connectivity index (χ2n) is 6.01. The van der Waals surface area contributed by atoms with Gasteiger partial charge in [-0.2, -0.15) is 0 Å². The van der Waals surface area contributed by atoms with Crippen LogP contribution in [0.15, 0.2) is 53.3 Å². The third-order valence-corrected chi connectivity index (χ3v) is 4.03. The Morgan fingerprint density at radius 2 is 1.90 bits per heavy atom. The molecule has 0 aliphatic rings. The summed E-state index contributed by atoms with van der Waals surface area (Å²) in [6.07, 6.45) is 1.86. The summed E-state index contributed by atoms with van der Waals surface area (Å²) in [4.78, 5) is 39.4. The fourth-order valence-corrected chi connectivity index (χ4v) is 2.57. The molecule has 3 aromatic rings. The highest BCUT2D eigenvalue weighted by molar-refractivity contribution is 6.01. The first-order valence-electron chi connectivity index (χ1n) is 8.50. The lowest BCUT2D eigenvalue weighted by atomic mass is 10.1. The second kappa shape index (κ2) is 8.30. The maximum Gasteiger partial charge on any atom is 0.344 e. The van der Waals surface area contributed by atoms with Crippen LogP contribution in [0.1, 0.15) is 23.0 Å². The summed E-state index contributed by atoms with van der Waals surface area (Å²) in [5, 5.41) is 17.3. The number of hydrogen-bond donors (Lipinski definition) is 1. The van der Waals surface area contributed by atoms with E-state index in [1.807, 2.05) is 0 Å². The molecule has 1 aromatic carbocycles. The first-order chi connectivity index (χ1) is 13.9. The quantitative estimate of drug-likeness (QED) is 0.381. The van der Waals surface area contributed by atoms with Gasteiger partial charge in [-0.25, -0.2) is 4.79 Å². The molecule has 1 atom stereocenters. The minimum atomic E-state index is -1.22. The van der Waals surface area contributed by atoms with Crippen molar-refractivity contribution in [1.82, 2.24) is 10.1 Å². The fraction of sp³-hybridized carbons (Fsp3) is 0.158. The minimum absolute atomic E-state index is 0.00373. The predicted molar refractivity (Wildman–Crippen MR) is 101 cm³/mol. The van der Waals surface area contributed by atoms with Gasteiger partial charge in [0.25, 0.3) is 11.6 Å². The molecule has 0 fully saturated rings. The Morgan fingerprint density at radius 3 is 2.59 bits per heavy atom. The Morgan fingerprint density at radius 1 is 1.21 bits per heavy atom. The molecule has 3 rings (SSSR count). The molecule has 0 saturated carbocycles. The topological polar surface area (TPSA) is 137 Å². The maximum atomic E-state index is 12.6. The maximum absolute atomic E-state index is 12.6. The van der Waals surface area contributed by atoms with Crippen molar-refractivity contribution in [2.75, 3.05) is 5.32 Å². The molecule has 0 aliphatic heterocycles. The van der Waals surface area contributed by atoms with Gasteiger partial charge in [0.2, 0.25) is 0 Å². The number of aromatic nitrogens is 2. The van der Waals surface area contributed by atoms with Gasteiger partial charge in [-0.15, -0.1) is 0 Å². The molecule has 29 heavy (non-hydrogen) atoms. The summed E-state index contributed by atoms with van der Waals surface area (Å²) in [6.45, 7) is 2.91. The van der Waals surface area contributed by atoms with Gasteiger partial charge in [0.05, 0.1) is 4.92 Å². The monoisotopic (exact) mass is 396 g/mol. The zero-order chi connectivity index (χ0) is 21.0. The number of nitrogens with zero attached hydrogens (tertiary/aromatic N) is 3. The van der Waals surface area contributed by atoms with Gasteiger partial charge in [-0.3, -0.25) is 19.9 Å². The van der Waals surface area contributed by atoms with Gasteiger partial charge in [0.15, 0.2) is 6.10 Å². The molecule has 0 radical (unpaired) electrons. The van der Waals surface area contributed by atoms with E-state index in [0.29, 0.717) is 5.56 Å². The van der Waals surface area contributed by atoms with Crippen LogP contribution in [0.5, 0.6) is 0 Å². The van der Waals surface area contributed by atoms with Crippen molar-refractivity contribution in [3.8, 4) is 11.3 Å². The van der Waals surface area contributed by atoms with E-state index in [-0.39, 0.29) is 28.4 Å². The number of anilines is 1. The number of benzene rings is 1. The van der Waals surface area contributed by atoms with Crippen molar-refractivity contribution in [3.05, 3.63) is 70.2 Å². The highest BCUT2D eigenvalue weighted by Gasteiger charge is 2.27. The summed E-state index contributed by atoms with van der Waals surface area (Å²) in [7, 11) is 0. The van der Waals surface area contributed by atoms with Crippen molar-refractivity contribution in [3.63, 3.8) is 0 Å². The van der Waals surface area contributed by atoms with Gasteiger partial charge >= 0.3 is 5.97 Å². The Hall–Kier alpha value is -4.08. The number of esters is 1. The van der Waals surface area contributed by atoms with Gasteiger partial charge in [-0.05, 0) is 32.0 Å². The molecule has 10 nitrogen and oxygen atoms in total. The molecule has 10 heteroatoms. The molecule has 1 amide bonds. The summed E-state index contributed by atoms with van der Waals surface area (Å²) in [5.74, 6) is -1.29. The average molecular weight is 396 g/mol. The first kappa shape index (κ1) is 19.7. The molecular weight excluding hydrogens is 380 g/mol. The zero-order valence-electron chi connectivity index (χ0n) is 15.5. The van der Waals surface area contributed by atoms with Crippen molar-refractivity contribution in [2.45, 2.75) is 20.0 Å². The van der Waals surface area contributed by atoms with E-state index in [0.717, 1.165) is 0 Å². The summed E-state index contributed by atoms with van der Waals surface area (Å²) >= 11 is 0. The molecule has 0 bridgehead atoms. The van der Waals surface area contributed by atoms with E-state index < -0.39 is 22.9 Å². The first-order valence-corrected chi connectivity index (χ1v) is 8.50. The Bertz CT molecular complexity index is 1060. The van der Waals surface area contributed by atoms with Crippen molar-refractivity contribution >= 4 is 23.3 Å². The third kappa shape index (κ3) is 4.26. The van der Waals surface area contributed by atoms with Crippen LogP contribution in [0.25, 0.3) is 11.3 Å². The van der Waals surface area contributed by atoms with E-state index in [1.165, 1.54) is 37.5 Å². The standard InChI is InChI=1S/C19H16N4O6/c1-11-16(17(22-29-11)13-7-9-20-10-8-13)19(25)28-12(2)18(24)21-14-5-3-4-6-15(14)23(26)27/h3-10,12H,1-2H3,(H,21,24)/t12-/m0/s1. The van der Waals surface area contributed by atoms with Crippen LogP contribution in [0.3, 0.4) is 0 Å². The highest BCUT2D eigenvalue weighted by atomic mass is 16.6. The van der Waals surface area contributed by atoms with Crippen LogP contribution in [0, 0.1) is 17.0 Å². The molecule has 148 valence electrons. The molecule has 0 spiro atoms. The Kier molecular flexibility index (Phi) is 5.63. The molecule has 2 aromatic heterocycles. The van der Waals surface area contributed by atoms with Crippen LogP contribution >= 0.6 is 0 Å². The number of hydrogen-bond acceptors (Lipinski definition) is 8. The van der Waals surface area contributed by atoms with Crippen LogP contribution in [-0.4, -0.2) is 33.0 Å². The SMILES string of the molecule is Cc1onc(-c2ccncc2)c1C(=O)O[C@@H](C)C(=O)Nc1ccccc1[N+](=O)[O-]. The number of aryl methyl sites for hydroxylation is 1. The van der Waals surface area contributed by atoms with E-state index in [4.69, 9.17) is 9.26 Å². The second-order valence-corrected chi connectivity index (χ2v) is 6.01. The van der Waals surface area contributed by atoms with Crippen molar-refractivity contribution in [1.29, 1.82) is 0 Å².